The van der Waals surface area contributed by atoms with E-state index in [2.05, 4.69) is 19.1 Å². The monoisotopic (exact) mass is 408 g/mol. The van der Waals surface area contributed by atoms with Crippen molar-refractivity contribution >= 4 is 0 Å². The second-order valence-electron chi connectivity index (χ2n) is 7.70. The molecule has 0 spiro atoms. The minimum Gasteiger partial charge on any atom is -0.498 e. The summed E-state index contributed by atoms with van der Waals surface area (Å²) in [5.74, 6) is -1.86. The highest BCUT2D eigenvalue weighted by atomic mass is 19.2. The van der Waals surface area contributed by atoms with Crippen LogP contribution in [0, 0.1) is 0 Å². The second kappa shape index (κ2) is 12.0. The molecule has 2 rings (SSSR count). The molecule has 3 nitrogen and oxygen atoms in total. The molecule has 1 aliphatic heterocycles. The summed E-state index contributed by atoms with van der Waals surface area (Å²) >= 11 is 0. The zero-order valence-corrected chi connectivity index (χ0v) is 18.1. The molecule has 5 heteroatoms. The summed E-state index contributed by atoms with van der Waals surface area (Å²) in [5.41, 5.74) is 2.16. The van der Waals surface area contributed by atoms with E-state index in [1.165, 1.54) is 52.2 Å². The summed E-state index contributed by atoms with van der Waals surface area (Å²) in [4.78, 5) is 0. The lowest BCUT2D eigenvalue weighted by Crippen LogP contribution is -2.24. The Morgan fingerprint density at radius 2 is 1.72 bits per heavy atom. The first-order valence-electron chi connectivity index (χ1n) is 10.6. The van der Waals surface area contributed by atoms with Gasteiger partial charge in [-0.15, -0.1) is 0 Å². The molecule has 1 fully saturated rings. The van der Waals surface area contributed by atoms with Crippen molar-refractivity contribution < 1.29 is 23.0 Å². The standard InChI is InChI=1S/C24H34F2O3/c1-5-6-7-8-22-14-13-21(16-29-22)20-11-9-19(10-12-20)15-28-18(3)24(26)23(25)17(2)27-4/h9-12,21-22H,5-8,13-16H2,1-4H3/b23-17-,24-18-. The summed E-state index contributed by atoms with van der Waals surface area (Å²) in [7, 11) is 1.30. The molecule has 1 saturated heterocycles. The van der Waals surface area contributed by atoms with Crippen LogP contribution in [-0.4, -0.2) is 19.8 Å². The van der Waals surface area contributed by atoms with Crippen LogP contribution in [-0.2, 0) is 20.8 Å². The van der Waals surface area contributed by atoms with Gasteiger partial charge in [0.25, 0.3) is 0 Å². The van der Waals surface area contributed by atoms with Crippen molar-refractivity contribution in [3.05, 3.63) is 58.6 Å². The Balaban J connectivity index is 1.85. The van der Waals surface area contributed by atoms with Gasteiger partial charge in [-0.3, -0.25) is 0 Å². The first-order chi connectivity index (χ1) is 14.0. The number of hydrogen-bond donors (Lipinski definition) is 0. The van der Waals surface area contributed by atoms with Crippen molar-refractivity contribution in [3.63, 3.8) is 0 Å². The molecule has 0 saturated carbocycles. The molecule has 1 aromatic carbocycles. The van der Waals surface area contributed by atoms with E-state index < -0.39 is 11.7 Å². The molecular weight excluding hydrogens is 374 g/mol. The molecular formula is C24H34F2O3. The van der Waals surface area contributed by atoms with E-state index in [9.17, 15) is 8.78 Å². The first kappa shape index (κ1) is 23.4. The van der Waals surface area contributed by atoms with Crippen LogP contribution in [0.5, 0.6) is 0 Å². The fourth-order valence-electron chi connectivity index (χ4n) is 3.46. The second-order valence-corrected chi connectivity index (χ2v) is 7.70. The number of halogens is 2. The van der Waals surface area contributed by atoms with Gasteiger partial charge in [0.1, 0.15) is 18.1 Å². The molecule has 0 N–H and O–H groups in total. The van der Waals surface area contributed by atoms with E-state index in [4.69, 9.17) is 14.2 Å². The minimum atomic E-state index is -1.04. The molecule has 0 bridgehead atoms. The number of allylic oxidation sites excluding steroid dienone is 4. The average molecular weight is 409 g/mol. The van der Waals surface area contributed by atoms with Crippen LogP contribution in [0.25, 0.3) is 0 Å². The largest absolute Gasteiger partial charge is 0.498 e. The van der Waals surface area contributed by atoms with Crippen LogP contribution in [0.15, 0.2) is 47.4 Å². The van der Waals surface area contributed by atoms with Crippen molar-refractivity contribution in [1.82, 2.24) is 0 Å². The Morgan fingerprint density at radius 1 is 1.03 bits per heavy atom. The third-order valence-corrected chi connectivity index (χ3v) is 5.52. The fourth-order valence-corrected chi connectivity index (χ4v) is 3.46. The molecule has 0 radical (unpaired) electrons. The van der Waals surface area contributed by atoms with E-state index >= 15 is 0 Å². The van der Waals surface area contributed by atoms with Crippen LogP contribution in [0.4, 0.5) is 8.78 Å². The summed E-state index contributed by atoms with van der Waals surface area (Å²) in [6, 6.07) is 8.10. The van der Waals surface area contributed by atoms with Gasteiger partial charge in [-0.25, -0.2) is 0 Å². The fraction of sp³-hybridized carbons (Fsp3) is 0.583. The Kier molecular flexibility index (Phi) is 9.65. The molecule has 1 aromatic rings. The van der Waals surface area contributed by atoms with Gasteiger partial charge in [-0.05, 0) is 44.2 Å². The Labute approximate surface area is 173 Å². The zero-order valence-electron chi connectivity index (χ0n) is 18.1. The minimum absolute atomic E-state index is 0.0993. The lowest BCUT2D eigenvalue weighted by atomic mass is 9.90. The average Bonchev–Trinajstić information content (AvgIpc) is 2.77. The van der Waals surface area contributed by atoms with Crippen molar-refractivity contribution in [2.75, 3.05) is 13.7 Å². The van der Waals surface area contributed by atoms with Crippen molar-refractivity contribution in [2.45, 2.75) is 77.9 Å². The molecule has 0 aromatic heterocycles. The van der Waals surface area contributed by atoms with E-state index in [1.807, 2.05) is 12.1 Å². The van der Waals surface area contributed by atoms with Gasteiger partial charge in [-0.2, -0.15) is 8.78 Å². The van der Waals surface area contributed by atoms with Crippen LogP contribution in [0.2, 0.25) is 0 Å². The first-order valence-corrected chi connectivity index (χ1v) is 10.6. The maximum Gasteiger partial charge on any atom is 0.199 e. The van der Waals surface area contributed by atoms with Crippen LogP contribution in [0.3, 0.4) is 0 Å². The SMILES string of the molecule is CCCCCC1CCC(c2ccc(CO/C(C)=C(F)/C(F)=C(\C)OC)cc2)CO1. The van der Waals surface area contributed by atoms with Crippen LogP contribution < -0.4 is 0 Å². The highest BCUT2D eigenvalue weighted by molar-refractivity contribution is 5.26. The van der Waals surface area contributed by atoms with Crippen molar-refractivity contribution in [3.8, 4) is 0 Å². The number of methoxy groups -OCH3 is 1. The number of hydrogen-bond acceptors (Lipinski definition) is 3. The zero-order chi connectivity index (χ0) is 21.2. The molecule has 0 aliphatic carbocycles. The number of unbranched alkanes of at least 4 members (excludes halogenated alkanes) is 2. The van der Waals surface area contributed by atoms with Gasteiger partial charge in [-0.1, -0.05) is 50.5 Å². The Bertz CT molecular complexity index is 687. The van der Waals surface area contributed by atoms with Crippen LogP contribution in [0.1, 0.15) is 76.3 Å². The lowest BCUT2D eigenvalue weighted by molar-refractivity contribution is -0.00208. The molecule has 0 amide bonds. The maximum absolute atomic E-state index is 14.0. The molecule has 1 heterocycles. The number of rotatable bonds is 10. The quantitative estimate of drug-likeness (QED) is 0.235. The number of ether oxygens (including phenoxy) is 3. The summed E-state index contributed by atoms with van der Waals surface area (Å²) in [6.07, 6.45) is 7.60. The van der Waals surface area contributed by atoms with Crippen molar-refractivity contribution in [1.29, 1.82) is 0 Å². The third kappa shape index (κ3) is 7.14. The smallest absolute Gasteiger partial charge is 0.199 e. The van der Waals surface area contributed by atoms with Gasteiger partial charge >= 0.3 is 0 Å². The molecule has 1 aliphatic rings. The molecule has 162 valence electrons. The van der Waals surface area contributed by atoms with Gasteiger partial charge in [0.2, 0.25) is 0 Å². The Morgan fingerprint density at radius 3 is 2.31 bits per heavy atom. The lowest BCUT2D eigenvalue weighted by Gasteiger charge is -2.29. The maximum atomic E-state index is 14.0. The molecule has 2 atom stereocenters. The number of benzene rings is 1. The van der Waals surface area contributed by atoms with E-state index in [1.54, 1.807) is 0 Å². The summed E-state index contributed by atoms with van der Waals surface area (Å²) in [5, 5.41) is 0. The van der Waals surface area contributed by atoms with E-state index in [-0.39, 0.29) is 18.1 Å². The van der Waals surface area contributed by atoms with Gasteiger partial charge < -0.3 is 14.2 Å². The van der Waals surface area contributed by atoms with Gasteiger partial charge in [0.15, 0.2) is 11.7 Å². The summed E-state index contributed by atoms with van der Waals surface area (Å²) < 4.78 is 43.9. The van der Waals surface area contributed by atoms with Gasteiger partial charge in [0.05, 0.1) is 19.8 Å². The van der Waals surface area contributed by atoms with E-state index in [0.717, 1.165) is 25.0 Å². The van der Waals surface area contributed by atoms with E-state index in [0.29, 0.717) is 12.0 Å². The third-order valence-electron chi connectivity index (χ3n) is 5.52. The highest BCUT2D eigenvalue weighted by Gasteiger charge is 2.22. The predicted octanol–water partition coefficient (Wildman–Crippen LogP) is 7.09. The van der Waals surface area contributed by atoms with Crippen LogP contribution >= 0.6 is 0 Å². The highest BCUT2D eigenvalue weighted by Crippen LogP contribution is 2.30. The summed E-state index contributed by atoms with van der Waals surface area (Å²) in [6.45, 7) is 5.94. The topological polar surface area (TPSA) is 27.7 Å². The van der Waals surface area contributed by atoms with Gasteiger partial charge in [0, 0.05) is 5.92 Å². The predicted molar refractivity (Wildman–Crippen MR) is 112 cm³/mol. The van der Waals surface area contributed by atoms with Crippen molar-refractivity contribution in [2.24, 2.45) is 0 Å². The molecule has 2 unspecified atom stereocenters. The molecule has 29 heavy (non-hydrogen) atoms. The Hall–Kier alpha value is -1.88. The normalized spacial score (nSPS) is 21.3.